The van der Waals surface area contributed by atoms with Gasteiger partial charge in [-0.2, -0.15) is 0 Å². The number of carbonyl (C=O) groups is 1. The van der Waals surface area contributed by atoms with Gasteiger partial charge in [-0.15, -0.1) is 6.58 Å². The molecule has 18 heavy (non-hydrogen) atoms. The van der Waals surface area contributed by atoms with E-state index in [4.69, 9.17) is 4.74 Å². The third kappa shape index (κ3) is 3.12. The third-order valence-electron chi connectivity index (χ3n) is 4.09. The van der Waals surface area contributed by atoms with E-state index in [1.54, 1.807) is 6.92 Å². The molecule has 2 rings (SSSR count). The molecule has 1 saturated carbocycles. The Balaban J connectivity index is 1.88. The molecule has 1 aliphatic carbocycles. The largest absolute Gasteiger partial charge is 0.386 e. The van der Waals surface area contributed by atoms with E-state index in [1.807, 2.05) is 0 Å². The normalized spacial score (nSPS) is 34.4. The first-order chi connectivity index (χ1) is 8.52. The van der Waals surface area contributed by atoms with Crippen molar-refractivity contribution in [3.05, 3.63) is 12.7 Å². The molecule has 0 bridgehead atoms. The Hall–Kier alpha value is -0.870. The Morgan fingerprint density at radius 2 is 2.33 bits per heavy atom. The second kappa shape index (κ2) is 5.41. The topological polar surface area (TPSA) is 58.6 Å². The van der Waals surface area contributed by atoms with E-state index in [1.165, 1.54) is 6.08 Å². The van der Waals surface area contributed by atoms with Crippen molar-refractivity contribution in [1.29, 1.82) is 0 Å². The Morgan fingerprint density at radius 3 is 3.06 bits per heavy atom. The summed E-state index contributed by atoms with van der Waals surface area (Å²) >= 11 is 0. The van der Waals surface area contributed by atoms with Crippen LogP contribution in [-0.2, 0) is 9.53 Å². The highest BCUT2D eigenvalue weighted by molar-refractivity contribution is 5.77. The monoisotopic (exact) mass is 253 g/mol. The predicted molar refractivity (Wildman–Crippen MR) is 69.1 cm³/mol. The number of fused-ring (bicyclic) bond motifs is 1. The van der Waals surface area contributed by atoms with Crippen molar-refractivity contribution < 1.29 is 14.6 Å². The Labute approximate surface area is 108 Å². The van der Waals surface area contributed by atoms with Gasteiger partial charge >= 0.3 is 0 Å². The van der Waals surface area contributed by atoms with Gasteiger partial charge in [-0.3, -0.25) is 4.79 Å². The summed E-state index contributed by atoms with van der Waals surface area (Å²) < 4.78 is 5.67. The summed E-state index contributed by atoms with van der Waals surface area (Å²) in [5, 5.41) is 12.9. The van der Waals surface area contributed by atoms with E-state index < -0.39 is 5.60 Å². The van der Waals surface area contributed by atoms with Crippen LogP contribution in [0.15, 0.2) is 12.7 Å². The Bertz CT molecular complexity index is 327. The fourth-order valence-corrected chi connectivity index (χ4v) is 3.01. The van der Waals surface area contributed by atoms with Crippen molar-refractivity contribution in [2.24, 2.45) is 5.92 Å². The van der Waals surface area contributed by atoms with Gasteiger partial charge in [0.05, 0.1) is 18.1 Å². The van der Waals surface area contributed by atoms with E-state index in [9.17, 15) is 9.90 Å². The first-order valence-corrected chi connectivity index (χ1v) is 6.79. The molecular weight excluding hydrogens is 230 g/mol. The van der Waals surface area contributed by atoms with Crippen molar-refractivity contribution in [2.75, 3.05) is 6.61 Å². The minimum atomic E-state index is -1.12. The number of rotatable bonds is 4. The maximum absolute atomic E-state index is 11.9. The molecule has 102 valence electrons. The molecule has 1 aliphatic heterocycles. The van der Waals surface area contributed by atoms with Crippen LogP contribution in [0.25, 0.3) is 0 Å². The molecule has 4 atom stereocenters. The second-order valence-electron chi connectivity index (χ2n) is 5.70. The standard InChI is InChI=1S/C14H23NO3/c1-3-14(2,17)9-13(16)15-11-5-4-6-12-10(11)7-8-18-12/h3,10-12,17H,1,4-9H2,2H3,(H,15,16)/t10-,11+,12+,14-/m0/s1. The maximum Gasteiger partial charge on any atom is 0.223 e. The summed E-state index contributed by atoms with van der Waals surface area (Å²) in [5.41, 5.74) is -1.12. The van der Waals surface area contributed by atoms with Crippen LogP contribution in [0, 0.1) is 5.92 Å². The lowest BCUT2D eigenvalue weighted by Gasteiger charge is -2.33. The van der Waals surface area contributed by atoms with Gasteiger partial charge in [0.1, 0.15) is 0 Å². The van der Waals surface area contributed by atoms with Crippen LogP contribution in [0.4, 0.5) is 0 Å². The van der Waals surface area contributed by atoms with E-state index in [0.29, 0.717) is 12.0 Å². The van der Waals surface area contributed by atoms with Crippen molar-refractivity contribution in [3.63, 3.8) is 0 Å². The highest BCUT2D eigenvalue weighted by atomic mass is 16.5. The summed E-state index contributed by atoms with van der Waals surface area (Å²) in [6.07, 6.45) is 6.08. The smallest absolute Gasteiger partial charge is 0.223 e. The van der Waals surface area contributed by atoms with Gasteiger partial charge in [0.25, 0.3) is 0 Å². The molecule has 4 nitrogen and oxygen atoms in total. The maximum atomic E-state index is 11.9. The highest BCUT2D eigenvalue weighted by Crippen LogP contribution is 2.34. The zero-order chi connectivity index (χ0) is 13.2. The average molecular weight is 253 g/mol. The lowest BCUT2D eigenvalue weighted by atomic mass is 9.81. The molecule has 0 spiro atoms. The molecule has 2 N–H and O–H groups in total. The quantitative estimate of drug-likeness (QED) is 0.744. The van der Waals surface area contributed by atoms with E-state index in [-0.39, 0.29) is 18.4 Å². The number of hydrogen-bond donors (Lipinski definition) is 2. The van der Waals surface area contributed by atoms with Gasteiger partial charge in [0.15, 0.2) is 0 Å². The SMILES string of the molecule is C=C[C@](C)(O)CC(=O)N[C@@H]1CCC[C@H]2OCC[C@@H]12. The molecule has 1 amide bonds. The minimum Gasteiger partial charge on any atom is -0.386 e. The molecule has 0 aromatic carbocycles. The lowest BCUT2D eigenvalue weighted by Crippen LogP contribution is -2.47. The minimum absolute atomic E-state index is 0.0746. The van der Waals surface area contributed by atoms with Crippen molar-refractivity contribution in [2.45, 2.75) is 56.8 Å². The molecule has 0 aromatic heterocycles. The number of ether oxygens (including phenoxy) is 1. The zero-order valence-electron chi connectivity index (χ0n) is 11.0. The summed E-state index contributed by atoms with van der Waals surface area (Å²) in [7, 11) is 0. The lowest BCUT2D eigenvalue weighted by molar-refractivity contribution is -0.125. The van der Waals surface area contributed by atoms with Gasteiger partial charge in [-0.25, -0.2) is 0 Å². The number of hydrogen-bond acceptors (Lipinski definition) is 3. The number of amides is 1. The highest BCUT2D eigenvalue weighted by Gasteiger charge is 2.38. The summed E-state index contributed by atoms with van der Waals surface area (Å²) in [5.74, 6) is 0.355. The van der Waals surface area contributed by atoms with Crippen LogP contribution in [0.3, 0.4) is 0 Å². The summed E-state index contributed by atoms with van der Waals surface area (Å²) in [4.78, 5) is 11.9. The second-order valence-corrected chi connectivity index (χ2v) is 5.70. The van der Waals surface area contributed by atoms with Crippen molar-refractivity contribution in [3.8, 4) is 0 Å². The number of aliphatic hydroxyl groups is 1. The van der Waals surface area contributed by atoms with Crippen LogP contribution in [0.1, 0.15) is 39.0 Å². The third-order valence-corrected chi connectivity index (χ3v) is 4.09. The molecule has 2 fully saturated rings. The summed E-state index contributed by atoms with van der Waals surface area (Å²) in [6.45, 7) is 5.95. The van der Waals surface area contributed by atoms with Crippen LogP contribution < -0.4 is 5.32 Å². The molecule has 0 radical (unpaired) electrons. The number of carbonyl (C=O) groups excluding carboxylic acids is 1. The molecule has 0 unspecified atom stereocenters. The average Bonchev–Trinajstić information content (AvgIpc) is 2.77. The predicted octanol–water partition coefficient (Wildman–Crippen LogP) is 1.39. The molecule has 0 aromatic rings. The van der Waals surface area contributed by atoms with E-state index in [2.05, 4.69) is 11.9 Å². The van der Waals surface area contributed by atoms with Crippen LogP contribution in [-0.4, -0.2) is 35.4 Å². The van der Waals surface area contributed by atoms with Crippen LogP contribution in [0.2, 0.25) is 0 Å². The van der Waals surface area contributed by atoms with Gasteiger partial charge in [-0.1, -0.05) is 6.08 Å². The van der Waals surface area contributed by atoms with Crippen molar-refractivity contribution >= 4 is 5.91 Å². The Kier molecular flexibility index (Phi) is 4.07. The van der Waals surface area contributed by atoms with Crippen LogP contribution in [0.5, 0.6) is 0 Å². The Morgan fingerprint density at radius 1 is 1.56 bits per heavy atom. The van der Waals surface area contributed by atoms with E-state index in [0.717, 1.165) is 32.3 Å². The molecule has 2 aliphatic rings. The molecule has 1 saturated heterocycles. The first-order valence-electron chi connectivity index (χ1n) is 6.79. The fraction of sp³-hybridized carbons (Fsp3) is 0.786. The van der Waals surface area contributed by atoms with Gasteiger partial charge in [0, 0.05) is 18.6 Å². The molecular formula is C14H23NO3. The molecule has 4 heteroatoms. The fourth-order valence-electron chi connectivity index (χ4n) is 3.01. The van der Waals surface area contributed by atoms with Gasteiger partial charge in [-0.05, 0) is 32.6 Å². The summed E-state index contributed by atoms with van der Waals surface area (Å²) in [6, 6.07) is 0.208. The van der Waals surface area contributed by atoms with Gasteiger partial charge in [0.2, 0.25) is 5.91 Å². The number of nitrogens with one attached hydrogen (secondary N) is 1. The van der Waals surface area contributed by atoms with E-state index >= 15 is 0 Å². The van der Waals surface area contributed by atoms with Crippen molar-refractivity contribution in [1.82, 2.24) is 5.32 Å². The van der Waals surface area contributed by atoms with Crippen LogP contribution >= 0.6 is 0 Å². The van der Waals surface area contributed by atoms with Gasteiger partial charge < -0.3 is 15.2 Å². The molecule has 1 heterocycles. The zero-order valence-corrected chi connectivity index (χ0v) is 11.0. The first kappa shape index (κ1) is 13.6.